The van der Waals surface area contributed by atoms with Crippen LogP contribution in [0.25, 0.3) is 0 Å². The Hall–Kier alpha value is -2.15. The van der Waals surface area contributed by atoms with Crippen molar-refractivity contribution in [1.29, 1.82) is 0 Å². The summed E-state index contributed by atoms with van der Waals surface area (Å²) >= 11 is 1.59. The Morgan fingerprint density at radius 3 is 2.64 bits per heavy atom. The second-order valence-electron chi connectivity index (χ2n) is 5.43. The Balaban J connectivity index is 2.14. The highest BCUT2D eigenvalue weighted by atomic mass is 32.1. The monoisotopic (exact) mass is 321 g/mol. The van der Waals surface area contributed by atoms with Crippen LogP contribution < -0.4 is 16.6 Å². The molecule has 1 N–H and O–H groups in total. The Morgan fingerprint density at radius 1 is 1.32 bits per heavy atom. The molecule has 0 bridgehead atoms. The number of hydrogen-bond donors (Lipinski definition) is 1. The summed E-state index contributed by atoms with van der Waals surface area (Å²) in [6.07, 6.45) is 1.35. The quantitative estimate of drug-likeness (QED) is 0.897. The number of carbonyl (C=O) groups is 1. The van der Waals surface area contributed by atoms with E-state index < -0.39 is 5.69 Å². The van der Waals surface area contributed by atoms with Gasteiger partial charge in [0.1, 0.15) is 6.54 Å². The van der Waals surface area contributed by atoms with Gasteiger partial charge in [0.25, 0.3) is 5.56 Å². The highest BCUT2D eigenvalue weighted by molar-refractivity contribution is 7.10. The van der Waals surface area contributed by atoms with Crippen molar-refractivity contribution in [3.63, 3.8) is 0 Å². The molecule has 0 aliphatic rings. The standard InChI is InChI=1S/C15H19N3O3S/c1-10(2)14(11-5-4-8-22-11)16-12(19)9-18-7-6-13(20)17(3)15(18)21/h4-8,10,14H,9H2,1-3H3,(H,16,19)/t14-/m1/s1. The van der Waals surface area contributed by atoms with Crippen molar-refractivity contribution in [1.82, 2.24) is 14.5 Å². The van der Waals surface area contributed by atoms with Crippen LogP contribution >= 0.6 is 11.3 Å². The van der Waals surface area contributed by atoms with E-state index in [1.165, 1.54) is 23.9 Å². The molecule has 0 fully saturated rings. The van der Waals surface area contributed by atoms with Gasteiger partial charge in [-0.25, -0.2) is 4.79 Å². The first kappa shape index (κ1) is 16.2. The van der Waals surface area contributed by atoms with Crippen molar-refractivity contribution >= 4 is 17.2 Å². The molecular weight excluding hydrogens is 302 g/mol. The molecule has 2 aromatic heterocycles. The van der Waals surface area contributed by atoms with Crippen LogP contribution in [-0.2, 0) is 18.4 Å². The third-order valence-corrected chi connectivity index (χ3v) is 4.36. The zero-order chi connectivity index (χ0) is 16.3. The highest BCUT2D eigenvalue weighted by Gasteiger charge is 2.19. The Labute approximate surface area is 132 Å². The number of hydrogen-bond acceptors (Lipinski definition) is 4. The summed E-state index contributed by atoms with van der Waals surface area (Å²) in [7, 11) is 1.39. The van der Waals surface area contributed by atoms with Gasteiger partial charge in [-0.2, -0.15) is 0 Å². The van der Waals surface area contributed by atoms with E-state index in [0.717, 1.165) is 9.44 Å². The maximum atomic E-state index is 12.2. The molecule has 0 saturated heterocycles. The van der Waals surface area contributed by atoms with Crippen molar-refractivity contribution < 1.29 is 4.79 Å². The fourth-order valence-electron chi connectivity index (χ4n) is 2.14. The van der Waals surface area contributed by atoms with Crippen LogP contribution in [0.3, 0.4) is 0 Å². The fraction of sp³-hybridized carbons (Fsp3) is 0.400. The summed E-state index contributed by atoms with van der Waals surface area (Å²) in [4.78, 5) is 36.6. The normalized spacial score (nSPS) is 12.4. The van der Waals surface area contributed by atoms with E-state index in [-0.39, 0.29) is 30.0 Å². The molecule has 7 heteroatoms. The predicted molar refractivity (Wildman–Crippen MR) is 86.0 cm³/mol. The van der Waals surface area contributed by atoms with Gasteiger partial charge in [0.2, 0.25) is 5.91 Å². The zero-order valence-corrected chi connectivity index (χ0v) is 13.6. The summed E-state index contributed by atoms with van der Waals surface area (Å²) in [6.45, 7) is 3.95. The minimum atomic E-state index is -0.500. The van der Waals surface area contributed by atoms with Crippen molar-refractivity contribution in [2.45, 2.75) is 26.4 Å². The molecule has 0 aliphatic carbocycles. The van der Waals surface area contributed by atoms with E-state index in [1.54, 1.807) is 11.3 Å². The van der Waals surface area contributed by atoms with Crippen molar-refractivity contribution in [2.24, 2.45) is 13.0 Å². The third kappa shape index (κ3) is 3.54. The van der Waals surface area contributed by atoms with Crippen molar-refractivity contribution in [3.8, 4) is 0 Å². The van der Waals surface area contributed by atoms with E-state index in [9.17, 15) is 14.4 Å². The number of nitrogens with zero attached hydrogens (tertiary/aromatic N) is 2. The number of rotatable bonds is 5. The second kappa shape index (κ2) is 6.74. The first-order chi connectivity index (χ1) is 10.4. The average Bonchev–Trinajstić information content (AvgIpc) is 2.99. The molecule has 2 heterocycles. The largest absolute Gasteiger partial charge is 0.347 e. The van der Waals surface area contributed by atoms with Crippen LogP contribution in [0.4, 0.5) is 0 Å². The van der Waals surface area contributed by atoms with Gasteiger partial charge in [-0.05, 0) is 17.4 Å². The summed E-state index contributed by atoms with van der Waals surface area (Å²) in [6, 6.07) is 5.11. The van der Waals surface area contributed by atoms with Crippen LogP contribution in [0, 0.1) is 5.92 Å². The lowest BCUT2D eigenvalue weighted by atomic mass is 10.0. The summed E-state index contributed by atoms with van der Waals surface area (Å²) in [5, 5.41) is 4.92. The van der Waals surface area contributed by atoms with Crippen LogP contribution in [0.1, 0.15) is 24.8 Å². The summed E-state index contributed by atoms with van der Waals surface area (Å²) in [5.41, 5.74) is -0.889. The second-order valence-corrected chi connectivity index (χ2v) is 6.41. The molecule has 2 aromatic rings. The number of aromatic nitrogens is 2. The van der Waals surface area contributed by atoms with Gasteiger partial charge in [0.05, 0.1) is 6.04 Å². The number of thiophene rings is 1. The average molecular weight is 321 g/mol. The molecule has 118 valence electrons. The molecule has 1 amide bonds. The maximum Gasteiger partial charge on any atom is 0.331 e. The van der Waals surface area contributed by atoms with E-state index in [4.69, 9.17) is 0 Å². The molecule has 0 unspecified atom stereocenters. The van der Waals surface area contributed by atoms with Gasteiger partial charge in [-0.3, -0.25) is 18.7 Å². The minimum absolute atomic E-state index is 0.0873. The lowest BCUT2D eigenvalue weighted by molar-refractivity contribution is -0.122. The minimum Gasteiger partial charge on any atom is -0.347 e. The molecule has 0 aromatic carbocycles. The molecule has 0 spiro atoms. The van der Waals surface area contributed by atoms with Gasteiger partial charge in [0, 0.05) is 24.2 Å². The van der Waals surface area contributed by atoms with E-state index in [0.29, 0.717) is 0 Å². The van der Waals surface area contributed by atoms with Crippen molar-refractivity contribution in [3.05, 3.63) is 55.5 Å². The van der Waals surface area contributed by atoms with Crippen LogP contribution in [0.2, 0.25) is 0 Å². The SMILES string of the molecule is CC(C)[C@@H](NC(=O)Cn1ccc(=O)n(C)c1=O)c1cccs1. The molecule has 6 nitrogen and oxygen atoms in total. The fourth-order valence-corrected chi connectivity index (χ4v) is 3.09. The van der Waals surface area contributed by atoms with Crippen molar-refractivity contribution in [2.75, 3.05) is 0 Å². The maximum absolute atomic E-state index is 12.2. The summed E-state index contributed by atoms with van der Waals surface area (Å²) in [5.74, 6) is -0.0210. The Bertz CT molecular complexity index is 759. The summed E-state index contributed by atoms with van der Waals surface area (Å²) < 4.78 is 2.20. The van der Waals surface area contributed by atoms with Gasteiger partial charge < -0.3 is 5.32 Å². The topological polar surface area (TPSA) is 73.1 Å². The van der Waals surface area contributed by atoms with Crippen LogP contribution in [-0.4, -0.2) is 15.0 Å². The van der Waals surface area contributed by atoms with Crippen LogP contribution in [0.5, 0.6) is 0 Å². The first-order valence-corrected chi connectivity index (χ1v) is 7.87. The predicted octanol–water partition coefficient (Wildman–Crippen LogP) is 1.12. The molecule has 1 atom stereocenters. The Morgan fingerprint density at radius 2 is 2.05 bits per heavy atom. The van der Waals surface area contributed by atoms with E-state index in [1.807, 2.05) is 31.4 Å². The number of amides is 1. The molecule has 22 heavy (non-hydrogen) atoms. The molecule has 2 rings (SSSR count). The molecule has 0 radical (unpaired) electrons. The molecular formula is C15H19N3O3S. The zero-order valence-electron chi connectivity index (χ0n) is 12.8. The molecule has 0 aliphatic heterocycles. The van der Waals surface area contributed by atoms with Gasteiger partial charge in [-0.15, -0.1) is 11.3 Å². The first-order valence-electron chi connectivity index (χ1n) is 6.99. The number of carbonyl (C=O) groups excluding carboxylic acids is 1. The van der Waals surface area contributed by atoms with E-state index in [2.05, 4.69) is 5.32 Å². The third-order valence-electron chi connectivity index (χ3n) is 3.41. The number of nitrogens with one attached hydrogen (secondary N) is 1. The lowest BCUT2D eigenvalue weighted by Gasteiger charge is -2.21. The Kier molecular flexibility index (Phi) is 4.97. The van der Waals surface area contributed by atoms with Gasteiger partial charge >= 0.3 is 5.69 Å². The molecule has 0 saturated carbocycles. The van der Waals surface area contributed by atoms with Crippen LogP contribution in [0.15, 0.2) is 39.4 Å². The lowest BCUT2D eigenvalue weighted by Crippen LogP contribution is -2.41. The highest BCUT2D eigenvalue weighted by Crippen LogP contribution is 2.25. The van der Waals surface area contributed by atoms with Gasteiger partial charge in [0.15, 0.2) is 0 Å². The smallest absolute Gasteiger partial charge is 0.331 e. The van der Waals surface area contributed by atoms with E-state index >= 15 is 0 Å². The van der Waals surface area contributed by atoms with Gasteiger partial charge in [-0.1, -0.05) is 19.9 Å².